The van der Waals surface area contributed by atoms with Crippen LogP contribution >= 0.6 is 0 Å². The van der Waals surface area contributed by atoms with Crippen LogP contribution in [0.3, 0.4) is 0 Å². The van der Waals surface area contributed by atoms with Crippen molar-refractivity contribution in [2.45, 2.75) is 6.42 Å². The Morgan fingerprint density at radius 3 is 2.38 bits per heavy atom. The van der Waals surface area contributed by atoms with Gasteiger partial charge in [-0.05, 0) is 0 Å². The minimum Gasteiger partial charge on any atom is -0.469 e. The lowest BCUT2D eigenvalue weighted by Gasteiger charge is -2.02. The van der Waals surface area contributed by atoms with Crippen LogP contribution in [-0.4, -0.2) is 39.2 Å². The van der Waals surface area contributed by atoms with E-state index in [4.69, 9.17) is 0 Å². The molecule has 0 bridgehead atoms. The van der Waals surface area contributed by atoms with Crippen LogP contribution in [0.15, 0.2) is 0 Å². The van der Waals surface area contributed by atoms with Crippen LogP contribution < -0.4 is 10.9 Å². The minimum absolute atomic E-state index is 0.0116. The predicted octanol–water partition coefficient (Wildman–Crippen LogP) is -1.17. The van der Waals surface area contributed by atoms with Crippen molar-refractivity contribution in [3.8, 4) is 0 Å². The third-order valence-electron chi connectivity index (χ3n) is 1.22. The summed E-state index contributed by atoms with van der Waals surface area (Å²) >= 11 is 0. The summed E-state index contributed by atoms with van der Waals surface area (Å²) < 4.78 is 8.73. The number of rotatable bonds is 6. The van der Waals surface area contributed by atoms with Crippen molar-refractivity contribution >= 4 is 11.9 Å². The monoisotopic (exact) mass is 189 g/mol. The molecular weight excluding hydrogens is 176 g/mol. The average molecular weight is 189 g/mol. The van der Waals surface area contributed by atoms with Crippen LogP contribution in [0.2, 0.25) is 0 Å². The molecule has 0 amide bonds. The molecule has 0 aromatic carbocycles. The Kier molecular flexibility index (Phi) is 6.85. The van der Waals surface area contributed by atoms with Gasteiger partial charge < -0.3 is 9.47 Å². The standard InChI is InChI=1S/C7H13N2O4/c1-12-6(10)3-4-8-9-5-7(11)13-2/h9H,3-5H2,1-2H3. The highest BCUT2D eigenvalue weighted by molar-refractivity contribution is 5.71. The Labute approximate surface area is 76.5 Å². The van der Waals surface area contributed by atoms with Gasteiger partial charge in [-0.3, -0.25) is 9.59 Å². The maximum Gasteiger partial charge on any atom is 0.321 e. The molecule has 0 saturated carbocycles. The summed E-state index contributed by atoms with van der Waals surface area (Å²) in [5.74, 6) is -0.731. The van der Waals surface area contributed by atoms with Gasteiger partial charge in [-0.25, -0.2) is 5.43 Å². The van der Waals surface area contributed by atoms with E-state index in [1.54, 1.807) is 0 Å². The first-order chi connectivity index (χ1) is 6.20. The fourth-order valence-electron chi connectivity index (χ4n) is 0.521. The maximum absolute atomic E-state index is 10.6. The minimum atomic E-state index is -0.401. The molecule has 0 aliphatic heterocycles. The Morgan fingerprint density at radius 2 is 1.85 bits per heavy atom. The van der Waals surface area contributed by atoms with Crippen molar-refractivity contribution in [3.05, 3.63) is 0 Å². The smallest absolute Gasteiger partial charge is 0.321 e. The number of esters is 2. The number of nitrogens with zero attached hydrogens (tertiary/aromatic N) is 1. The molecule has 0 aliphatic rings. The molecule has 0 aromatic rings. The van der Waals surface area contributed by atoms with Crippen LogP contribution in [0.4, 0.5) is 0 Å². The molecule has 75 valence electrons. The van der Waals surface area contributed by atoms with Crippen LogP contribution in [0.5, 0.6) is 0 Å². The lowest BCUT2D eigenvalue weighted by atomic mass is 10.4. The van der Waals surface area contributed by atoms with Gasteiger partial charge >= 0.3 is 11.9 Å². The highest BCUT2D eigenvalue weighted by Gasteiger charge is 2.01. The molecule has 0 fully saturated rings. The summed E-state index contributed by atoms with van der Waals surface area (Å²) in [4.78, 5) is 21.1. The lowest BCUT2D eigenvalue weighted by molar-refractivity contribution is -0.140. The van der Waals surface area contributed by atoms with Gasteiger partial charge in [0, 0.05) is 6.54 Å². The molecule has 13 heavy (non-hydrogen) atoms. The lowest BCUT2D eigenvalue weighted by Crippen LogP contribution is -2.32. The van der Waals surface area contributed by atoms with Crippen molar-refractivity contribution in [1.29, 1.82) is 0 Å². The van der Waals surface area contributed by atoms with E-state index in [1.165, 1.54) is 14.2 Å². The number of hydrogen-bond acceptors (Lipinski definition) is 5. The molecule has 1 radical (unpaired) electrons. The second kappa shape index (κ2) is 7.51. The summed E-state index contributed by atoms with van der Waals surface area (Å²) in [5.41, 5.74) is 6.15. The summed E-state index contributed by atoms with van der Waals surface area (Å²) in [6.45, 7) is 0.293. The van der Waals surface area contributed by atoms with E-state index < -0.39 is 5.97 Å². The van der Waals surface area contributed by atoms with E-state index in [9.17, 15) is 9.59 Å². The summed E-state index contributed by atoms with van der Waals surface area (Å²) in [7, 11) is 2.60. The molecule has 0 saturated heterocycles. The van der Waals surface area contributed by atoms with Crippen LogP contribution in [0, 0.1) is 0 Å². The number of ether oxygens (including phenoxy) is 2. The first-order valence-corrected chi connectivity index (χ1v) is 3.73. The van der Waals surface area contributed by atoms with Gasteiger partial charge in [0.25, 0.3) is 0 Å². The molecule has 0 aliphatic carbocycles. The fourth-order valence-corrected chi connectivity index (χ4v) is 0.521. The van der Waals surface area contributed by atoms with E-state index in [1.807, 2.05) is 0 Å². The summed E-state index contributed by atoms with van der Waals surface area (Å²) in [6.07, 6.45) is 0.199. The fraction of sp³-hybridized carbons (Fsp3) is 0.714. The zero-order valence-corrected chi connectivity index (χ0v) is 7.70. The largest absolute Gasteiger partial charge is 0.469 e. The van der Waals surface area contributed by atoms with Crippen molar-refractivity contribution < 1.29 is 19.1 Å². The molecule has 0 heterocycles. The van der Waals surface area contributed by atoms with Gasteiger partial charge in [0.1, 0.15) is 6.54 Å². The average Bonchev–Trinajstić information content (AvgIpc) is 2.16. The summed E-state index contributed by atoms with van der Waals surface area (Å²) in [6, 6.07) is 0. The SMILES string of the molecule is COC(=O)CC[N]NCC(=O)OC. The number of nitrogens with one attached hydrogen (secondary N) is 1. The molecular formula is C7H13N2O4. The molecule has 6 heteroatoms. The van der Waals surface area contributed by atoms with Gasteiger partial charge in [0.15, 0.2) is 0 Å². The van der Waals surface area contributed by atoms with Crippen LogP contribution in [0.1, 0.15) is 6.42 Å². The summed E-state index contributed by atoms with van der Waals surface area (Å²) in [5, 5.41) is 0. The van der Waals surface area contributed by atoms with E-state index in [2.05, 4.69) is 20.3 Å². The van der Waals surface area contributed by atoms with Crippen molar-refractivity contribution in [1.82, 2.24) is 10.9 Å². The van der Waals surface area contributed by atoms with E-state index >= 15 is 0 Å². The predicted molar refractivity (Wildman–Crippen MR) is 43.7 cm³/mol. The maximum atomic E-state index is 10.6. The molecule has 0 spiro atoms. The second-order valence-corrected chi connectivity index (χ2v) is 2.12. The molecule has 0 atom stereocenters. The first kappa shape index (κ1) is 11.9. The highest BCUT2D eigenvalue weighted by Crippen LogP contribution is 1.80. The topological polar surface area (TPSA) is 78.7 Å². The molecule has 0 unspecified atom stereocenters. The van der Waals surface area contributed by atoms with Crippen molar-refractivity contribution in [2.75, 3.05) is 27.3 Å². The Morgan fingerprint density at radius 1 is 1.23 bits per heavy atom. The van der Waals surface area contributed by atoms with Crippen LogP contribution in [-0.2, 0) is 19.1 Å². The molecule has 6 nitrogen and oxygen atoms in total. The van der Waals surface area contributed by atoms with Gasteiger partial charge in [0.2, 0.25) is 0 Å². The normalized spacial score (nSPS) is 9.38. The molecule has 0 rings (SSSR count). The van der Waals surface area contributed by atoms with Gasteiger partial charge in [-0.15, -0.1) is 0 Å². The molecule has 1 N–H and O–H groups in total. The highest BCUT2D eigenvalue weighted by atomic mass is 16.5. The number of carbonyl (C=O) groups excluding carboxylic acids is 2. The van der Waals surface area contributed by atoms with Crippen molar-refractivity contribution in [2.24, 2.45) is 0 Å². The quantitative estimate of drug-likeness (QED) is 0.323. The van der Waals surface area contributed by atoms with Crippen LogP contribution in [0.25, 0.3) is 0 Å². The number of hydrogen-bond donors (Lipinski definition) is 1. The molecule has 0 aromatic heterocycles. The third kappa shape index (κ3) is 7.23. The Balaban J connectivity index is 3.17. The van der Waals surface area contributed by atoms with E-state index in [-0.39, 0.29) is 25.5 Å². The third-order valence-corrected chi connectivity index (χ3v) is 1.22. The first-order valence-electron chi connectivity index (χ1n) is 3.73. The Bertz CT molecular complexity index is 154. The van der Waals surface area contributed by atoms with Gasteiger partial charge in [-0.1, -0.05) is 0 Å². The number of carbonyl (C=O) groups is 2. The zero-order chi connectivity index (χ0) is 10.1. The second-order valence-electron chi connectivity index (χ2n) is 2.12. The zero-order valence-electron chi connectivity index (χ0n) is 7.70. The van der Waals surface area contributed by atoms with Gasteiger partial charge in [-0.2, -0.15) is 5.43 Å². The van der Waals surface area contributed by atoms with Gasteiger partial charge in [0.05, 0.1) is 20.6 Å². The van der Waals surface area contributed by atoms with E-state index in [0.29, 0.717) is 0 Å². The van der Waals surface area contributed by atoms with E-state index in [0.717, 1.165) is 0 Å². The Hall–Kier alpha value is -1.14. The number of methoxy groups -OCH3 is 2. The van der Waals surface area contributed by atoms with Crippen molar-refractivity contribution in [3.63, 3.8) is 0 Å².